The number of nitrogens with zero attached hydrogens (tertiary/aromatic N) is 1. The molecule has 1 N–H and O–H groups in total. The number of rotatable bonds is 7. The third-order valence-corrected chi connectivity index (χ3v) is 14.9. The van der Waals surface area contributed by atoms with Crippen LogP contribution in [-0.4, -0.2) is 38.9 Å². The molecule has 3 nitrogen and oxygen atoms in total. The number of aliphatic hydroxyl groups is 1. The molecule has 6 heteroatoms. The smallest absolute Gasteiger partial charge is 0 e. The van der Waals surface area contributed by atoms with Gasteiger partial charge in [0, 0.05) is 38.0 Å². The molecule has 6 rings (SSSR count). The maximum Gasteiger partial charge on any atom is 0 e. The number of benzene rings is 3. The van der Waals surface area contributed by atoms with Gasteiger partial charge in [0.25, 0.3) is 0 Å². The first-order chi connectivity index (χ1) is 19.8. The molecule has 0 amide bonds. The fourth-order valence-corrected chi connectivity index (χ4v) is 12.2. The normalized spacial score (nSPS) is 14.0. The fraction of sp³-hybridized carbons (Fsp3) is 0.333. The zero-order valence-corrected chi connectivity index (χ0v) is 30.5. The van der Waals surface area contributed by atoms with Crippen molar-refractivity contribution in [2.24, 2.45) is 11.8 Å². The number of allylic oxidation sites excluding steroid dienone is 2. The second-order valence-corrected chi connectivity index (χ2v) is 18.1. The maximum atomic E-state index is 11.7. The summed E-state index contributed by atoms with van der Waals surface area (Å²) in [6, 6.07) is 23.6. The molecular weight excluding hydrogens is 778 g/mol. The molecule has 2 aliphatic heterocycles. The Hall–Kier alpha value is -2.33. The minimum absolute atomic E-state index is 0. The molecule has 0 saturated carbocycles. The van der Waals surface area contributed by atoms with Gasteiger partial charge >= 0.3 is 160 Å². The molecule has 0 bridgehead atoms. The van der Waals surface area contributed by atoms with Crippen LogP contribution >= 0.6 is 0 Å². The predicted octanol–water partition coefficient (Wildman–Crippen LogP) is 6.34. The quantitative estimate of drug-likeness (QED) is 0.0904. The second-order valence-electron chi connectivity index (χ2n) is 11.6. The number of hydrogen-bond donors (Lipinski definition) is 1. The Morgan fingerprint density at radius 2 is 1.60 bits per heavy atom. The Morgan fingerprint density at radius 3 is 2.29 bits per heavy atom. The molecule has 4 aromatic rings. The molecule has 1 aromatic heterocycles. The number of carbonyl (C=O) groups excluding carboxylic acids is 1. The zero-order valence-electron chi connectivity index (χ0n) is 25.4. The first-order valence-corrected chi connectivity index (χ1v) is 19.7. The summed E-state index contributed by atoms with van der Waals surface area (Å²) in [5.41, 5.74) is 5.30. The summed E-state index contributed by atoms with van der Waals surface area (Å²) in [4.78, 5) is 16.7. The van der Waals surface area contributed by atoms with Crippen LogP contribution in [0.25, 0.3) is 33.2 Å². The van der Waals surface area contributed by atoms with Crippen molar-refractivity contribution in [2.75, 3.05) is 0 Å². The van der Waals surface area contributed by atoms with Gasteiger partial charge in [-0.25, -0.2) is 0 Å². The van der Waals surface area contributed by atoms with Crippen LogP contribution < -0.4 is 19.3 Å². The average Bonchev–Trinajstić information content (AvgIpc) is 3.12. The SMILES string of the molecule is CCC(CC)C(=O)/C=C(\O)C(CC)CC.C[Si]1(C)c2cc[c-]c3c2-c2c(cccc21)[Se]c1c-3ncc2ccccc12.[Ir]. The van der Waals surface area contributed by atoms with Crippen molar-refractivity contribution in [3.63, 3.8) is 0 Å². The van der Waals surface area contributed by atoms with Gasteiger partial charge in [-0.3, -0.25) is 4.79 Å². The summed E-state index contributed by atoms with van der Waals surface area (Å²) in [7, 11) is -1.64. The minimum Gasteiger partial charge on any atom is 0 e. The van der Waals surface area contributed by atoms with Crippen LogP contribution in [0.2, 0.25) is 13.1 Å². The molecule has 42 heavy (non-hydrogen) atoms. The van der Waals surface area contributed by atoms with E-state index in [1.54, 1.807) is 10.4 Å². The van der Waals surface area contributed by atoms with E-state index in [9.17, 15) is 9.90 Å². The Labute approximate surface area is 271 Å². The summed E-state index contributed by atoms with van der Waals surface area (Å²) in [6.07, 6.45) is 6.94. The van der Waals surface area contributed by atoms with Crippen molar-refractivity contribution in [3.05, 3.63) is 78.7 Å². The largest absolute Gasteiger partial charge is 0 e. The van der Waals surface area contributed by atoms with Gasteiger partial charge < -0.3 is 5.11 Å². The van der Waals surface area contributed by atoms with Crippen molar-refractivity contribution < 1.29 is 30.0 Å². The van der Waals surface area contributed by atoms with Gasteiger partial charge in [-0.15, -0.1) is 0 Å². The van der Waals surface area contributed by atoms with E-state index in [1.165, 1.54) is 42.5 Å². The van der Waals surface area contributed by atoms with Crippen LogP contribution in [0.5, 0.6) is 0 Å². The van der Waals surface area contributed by atoms with Gasteiger partial charge in [-0.05, 0) is 25.7 Å². The molecule has 3 aromatic carbocycles. The first kappa shape index (κ1) is 32.6. The third kappa shape index (κ3) is 5.77. The first-order valence-electron chi connectivity index (χ1n) is 15.0. The number of fused-ring (bicyclic) bond motifs is 4. The van der Waals surface area contributed by atoms with Crippen LogP contribution in [0, 0.1) is 17.9 Å². The van der Waals surface area contributed by atoms with Crippen molar-refractivity contribution in [2.45, 2.75) is 66.5 Å². The Bertz CT molecular complexity index is 1640. The van der Waals surface area contributed by atoms with E-state index < -0.39 is 8.07 Å². The van der Waals surface area contributed by atoms with Crippen molar-refractivity contribution in [1.82, 2.24) is 4.98 Å². The number of carbonyl (C=O) groups is 1. The molecule has 0 spiro atoms. The number of hydrogen-bond acceptors (Lipinski definition) is 3. The van der Waals surface area contributed by atoms with E-state index in [-0.39, 0.29) is 58.4 Å². The van der Waals surface area contributed by atoms with Crippen LogP contribution in [0.1, 0.15) is 53.4 Å². The topological polar surface area (TPSA) is 50.2 Å². The van der Waals surface area contributed by atoms with Gasteiger partial charge in [0.2, 0.25) is 0 Å². The Morgan fingerprint density at radius 1 is 0.929 bits per heavy atom. The number of ketones is 1. The average molecular weight is 818 g/mol. The summed E-state index contributed by atoms with van der Waals surface area (Å²) in [5.74, 6) is 0.547. The van der Waals surface area contributed by atoms with E-state index in [4.69, 9.17) is 4.98 Å². The van der Waals surface area contributed by atoms with E-state index in [0.717, 1.165) is 31.4 Å². The molecule has 0 aliphatic carbocycles. The molecule has 0 atom stereocenters. The number of pyridine rings is 1. The number of aromatic nitrogens is 1. The molecule has 0 unspecified atom stereocenters. The minimum atomic E-state index is -1.64. The van der Waals surface area contributed by atoms with E-state index >= 15 is 0 Å². The molecular formula is C36H40IrNO2SeSi-. The maximum absolute atomic E-state index is 11.7. The Kier molecular flexibility index (Phi) is 10.5. The van der Waals surface area contributed by atoms with Crippen LogP contribution in [0.3, 0.4) is 0 Å². The molecule has 0 saturated heterocycles. The van der Waals surface area contributed by atoms with Crippen LogP contribution in [-0.2, 0) is 24.9 Å². The third-order valence-electron chi connectivity index (χ3n) is 8.90. The van der Waals surface area contributed by atoms with Gasteiger partial charge in [0.05, 0.1) is 5.76 Å². The second kappa shape index (κ2) is 13.5. The summed E-state index contributed by atoms with van der Waals surface area (Å²) < 4.78 is 2.91. The van der Waals surface area contributed by atoms with Gasteiger partial charge in [0.1, 0.15) is 0 Å². The van der Waals surface area contributed by atoms with E-state index in [2.05, 4.69) is 73.8 Å². The Balaban J connectivity index is 0.000000221. The van der Waals surface area contributed by atoms with E-state index in [0.29, 0.717) is 0 Å². The standard InChI is InChI=1S/C23H16NSeSi.C13H24O2.Ir/c1-26(2)18-11-5-9-16-20(18)21-17(10-6-12-19(21)26)25-23-15-8-4-3-7-14(15)13-24-22(16)23;1-5-10(6-2)12(14)9-13(15)11(7-3)8-4;/h3-8,10-13H,1-2H3;9-11,14H,5-8H2,1-4H3;/q-1;;/b;12-9-;. The zero-order chi connectivity index (χ0) is 29.3. The molecule has 221 valence electrons. The van der Waals surface area contributed by atoms with Gasteiger partial charge in [-0.2, -0.15) is 0 Å². The monoisotopic (exact) mass is 819 g/mol. The summed E-state index contributed by atoms with van der Waals surface area (Å²) in [5, 5.41) is 15.5. The predicted molar refractivity (Wildman–Crippen MR) is 177 cm³/mol. The fourth-order valence-electron chi connectivity index (χ4n) is 6.31. The van der Waals surface area contributed by atoms with Crippen molar-refractivity contribution >= 4 is 58.9 Å². The van der Waals surface area contributed by atoms with Crippen LogP contribution in [0.15, 0.2) is 72.6 Å². The summed E-state index contributed by atoms with van der Waals surface area (Å²) >= 11 is 0.244. The molecule has 3 heterocycles. The molecule has 0 fully saturated rings. The molecule has 2 aliphatic rings. The van der Waals surface area contributed by atoms with Crippen LogP contribution in [0.4, 0.5) is 0 Å². The van der Waals surface area contributed by atoms with Crippen molar-refractivity contribution in [1.29, 1.82) is 0 Å². The summed E-state index contributed by atoms with van der Waals surface area (Å²) in [6.45, 7) is 13.0. The van der Waals surface area contributed by atoms with Crippen molar-refractivity contribution in [3.8, 4) is 22.4 Å². The number of aliphatic hydroxyl groups excluding tert-OH is 1. The van der Waals surface area contributed by atoms with E-state index in [1.807, 2.05) is 33.9 Å². The molecule has 1 radical (unpaired) electrons. The van der Waals surface area contributed by atoms with Gasteiger partial charge in [0.15, 0.2) is 5.78 Å². The van der Waals surface area contributed by atoms with Gasteiger partial charge in [-0.1, -0.05) is 27.7 Å².